The maximum Gasteiger partial charge on any atom is 0.326 e. The summed E-state index contributed by atoms with van der Waals surface area (Å²) in [6.07, 6.45) is -0.0494. The lowest BCUT2D eigenvalue weighted by atomic mass is 10.0. The Morgan fingerprint density at radius 3 is 2.30 bits per heavy atom. The minimum absolute atomic E-state index is 0.0102. The Kier molecular flexibility index (Phi) is 7.45. The fourth-order valence-electron chi connectivity index (χ4n) is 3.36. The van der Waals surface area contributed by atoms with Gasteiger partial charge in [0.15, 0.2) is 0 Å². The van der Waals surface area contributed by atoms with Crippen LogP contribution in [0.3, 0.4) is 0 Å². The number of rotatable bonds is 9. The molecular formula is C24H27N3O5S. The Hall–Kier alpha value is -3.30. The van der Waals surface area contributed by atoms with Gasteiger partial charge in [0, 0.05) is 17.5 Å². The smallest absolute Gasteiger partial charge is 0.326 e. The number of nitrogens with zero attached hydrogens (tertiary/aromatic N) is 1. The van der Waals surface area contributed by atoms with E-state index in [1.165, 1.54) is 12.1 Å². The number of sulfonamides is 1. The van der Waals surface area contributed by atoms with Gasteiger partial charge in [0.25, 0.3) is 0 Å². The van der Waals surface area contributed by atoms with Crippen LogP contribution in [-0.2, 0) is 26.0 Å². The summed E-state index contributed by atoms with van der Waals surface area (Å²) >= 11 is 0. The Balaban J connectivity index is 1.92. The largest absolute Gasteiger partial charge is 0.480 e. The van der Waals surface area contributed by atoms with Gasteiger partial charge in [0.2, 0.25) is 15.9 Å². The summed E-state index contributed by atoms with van der Waals surface area (Å²) in [5.74, 6) is -2.32. The maximum atomic E-state index is 13.1. The van der Waals surface area contributed by atoms with E-state index >= 15 is 0 Å². The minimum atomic E-state index is -4.05. The van der Waals surface area contributed by atoms with E-state index in [0.29, 0.717) is 11.2 Å². The number of carbonyl (C=O) groups excluding carboxylic acids is 1. The molecule has 0 bridgehead atoms. The highest BCUT2D eigenvalue weighted by Crippen LogP contribution is 2.15. The van der Waals surface area contributed by atoms with Crippen LogP contribution in [0.1, 0.15) is 25.1 Å². The summed E-state index contributed by atoms with van der Waals surface area (Å²) < 4.78 is 28.4. The summed E-state index contributed by atoms with van der Waals surface area (Å²) in [4.78, 5) is 29.2. The number of aromatic nitrogens is 1. The SMILES string of the molecule is Cc1ccc(S(=O)(=O)NC(Cc2ccc3ccccc3n2)C(=O)NC(C(=O)O)C(C)C)cc1. The Morgan fingerprint density at radius 1 is 1.00 bits per heavy atom. The zero-order valence-electron chi connectivity index (χ0n) is 18.6. The average molecular weight is 470 g/mol. The van der Waals surface area contributed by atoms with Gasteiger partial charge in [-0.05, 0) is 37.1 Å². The van der Waals surface area contributed by atoms with Crippen LogP contribution in [0, 0.1) is 12.8 Å². The van der Waals surface area contributed by atoms with E-state index in [0.717, 1.165) is 10.9 Å². The number of amides is 1. The molecule has 0 aliphatic rings. The van der Waals surface area contributed by atoms with Crippen molar-refractivity contribution in [1.82, 2.24) is 15.0 Å². The summed E-state index contributed by atoms with van der Waals surface area (Å²) in [5.41, 5.74) is 2.10. The highest BCUT2D eigenvalue weighted by molar-refractivity contribution is 7.89. The van der Waals surface area contributed by atoms with Gasteiger partial charge >= 0.3 is 5.97 Å². The summed E-state index contributed by atoms with van der Waals surface area (Å²) in [5, 5.41) is 12.8. The van der Waals surface area contributed by atoms with Crippen LogP contribution < -0.4 is 10.0 Å². The molecule has 0 aliphatic heterocycles. The molecule has 1 amide bonds. The second kappa shape index (κ2) is 10.1. The fraction of sp³-hybridized carbons (Fsp3) is 0.292. The number of hydrogen-bond donors (Lipinski definition) is 3. The molecule has 8 nitrogen and oxygen atoms in total. The number of carboxylic acid groups (broad SMARTS) is 1. The lowest BCUT2D eigenvalue weighted by Gasteiger charge is -2.23. The third-order valence-corrected chi connectivity index (χ3v) is 6.73. The van der Waals surface area contributed by atoms with Gasteiger partial charge in [0.05, 0.1) is 10.4 Å². The zero-order valence-corrected chi connectivity index (χ0v) is 19.5. The highest BCUT2D eigenvalue weighted by atomic mass is 32.2. The standard InChI is InChI=1S/C24H27N3O5S/c1-15(2)22(24(29)30)26-23(28)21(27-33(31,32)19-12-8-16(3)9-13-19)14-18-11-10-17-6-4-5-7-20(17)25-18/h4-13,15,21-22,27H,14H2,1-3H3,(H,26,28)(H,29,30). The van der Waals surface area contributed by atoms with Gasteiger partial charge in [-0.2, -0.15) is 4.72 Å². The number of nitrogens with one attached hydrogen (secondary N) is 2. The topological polar surface area (TPSA) is 125 Å². The second-order valence-electron chi connectivity index (χ2n) is 8.25. The van der Waals surface area contributed by atoms with Crippen LogP contribution in [0.4, 0.5) is 0 Å². The van der Waals surface area contributed by atoms with Crippen molar-refractivity contribution in [2.45, 2.75) is 44.2 Å². The molecule has 0 fully saturated rings. The van der Waals surface area contributed by atoms with E-state index in [1.807, 2.05) is 37.3 Å². The maximum absolute atomic E-state index is 13.1. The molecule has 3 aromatic rings. The van der Waals surface area contributed by atoms with Crippen molar-refractivity contribution in [2.24, 2.45) is 5.92 Å². The van der Waals surface area contributed by atoms with Crippen molar-refractivity contribution in [1.29, 1.82) is 0 Å². The number of aryl methyl sites for hydroxylation is 1. The number of para-hydroxylation sites is 1. The Morgan fingerprint density at radius 2 is 1.67 bits per heavy atom. The van der Waals surface area contributed by atoms with Gasteiger partial charge in [0.1, 0.15) is 12.1 Å². The molecular weight excluding hydrogens is 442 g/mol. The number of aliphatic carboxylic acids is 1. The molecule has 1 aromatic heterocycles. The van der Waals surface area contributed by atoms with Crippen molar-refractivity contribution in [3.8, 4) is 0 Å². The minimum Gasteiger partial charge on any atom is -0.480 e. The van der Waals surface area contributed by atoms with Gasteiger partial charge < -0.3 is 10.4 Å². The normalized spacial score (nSPS) is 13.6. The number of pyridine rings is 1. The number of hydrogen-bond acceptors (Lipinski definition) is 5. The Labute approximate surface area is 193 Å². The van der Waals surface area contributed by atoms with E-state index in [-0.39, 0.29) is 17.2 Å². The number of benzene rings is 2. The average Bonchev–Trinajstić information content (AvgIpc) is 2.76. The molecule has 174 valence electrons. The molecule has 0 saturated heterocycles. The van der Waals surface area contributed by atoms with Crippen LogP contribution in [0.5, 0.6) is 0 Å². The molecule has 0 spiro atoms. The van der Waals surface area contributed by atoms with Crippen LogP contribution in [0.2, 0.25) is 0 Å². The fourth-order valence-corrected chi connectivity index (χ4v) is 4.55. The predicted octanol–water partition coefficient (Wildman–Crippen LogP) is 2.66. The molecule has 0 aliphatic carbocycles. The van der Waals surface area contributed by atoms with Crippen LogP contribution in [0.15, 0.2) is 65.6 Å². The monoisotopic (exact) mass is 469 g/mol. The molecule has 2 unspecified atom stereocenters. The first kappa shape index (κ1) is 24.3. The van der Waals surface area contributed by atoms with Gasteiger partial charge in [-0.3, -0.25) is 9.78 Å². The summed E-state index contributed by atoms with van der Waals surface area (Å²) in [6, 6.07) is 14.8. The van der Waals surface area contributed by atoms with Crippen molar-refractivity contribution < 1.29 is 23.1 Å². The molecule has 9 heteroatoms. The first-order valence-corrected chi connectivity index (χ1v) is 12.0. The highest BCUT2D eigenvalue weighted by Gasteiger charge is 2.31. The van der Waals surface area contributed by atoms with E-state index < -0.39 is 34.0 Å². The number of carbonyl (C=O) groups is 2. The molecule has 1 heterocycles. The van der Waals surface area contributed by atoms with Crippen LogP contribution in [0.25, 0.3) is 10.9 Å². The number of fused-ring (bicyclic) bond motifs is 1. The van der Waals surface area contributed by atoms with E-state index in [2.05, 4.69) is 15.0 Å². The lowest BCUT2D eigenvalue weighted by Crippen LogP contribution is -2.53. The molecule has 3 N–H and O–H groups in total. The first-order chi connectivity index (χ1) is 15.6. The molecule has 33 heavy (non-hydrogen) atoms. The summed E-state index contributed by atoms with van der Waals surface area (Å²) in [7, 11) is -4.05. The van der Waals surface area contributed by atoms with Crippen molar-refractivity contribution >= 4 is 32.8 Å². The lowest BCUT2D eigenvalue weighted by molar-refractivity contribution is -0.143. The third-order valence-electron chi connectivity index (χ3n) is 5.25. The van der Waals surface area contributed by atoms with Crippen LogP contribution >= 0.6 is 0 Å². The zero-order chi connectivity index (χ0) is 24.2. The van der Waals surface area contributed by atoms with Crippen molar-refractivity contribution in [2.75, 3.05) is 0 Å². The number of carboxylic acids is 1. The quantitative estimate of drug-likeness (QED) is 0.442. The van der Waals surface area contributed by atoms with Crippen molar-refractivity contribution in [3.63, 3.8) is 0 Å². The Bertz CT molecular complexity index is 1260. The molecule has 2 atom stereocenters. The predicted molar refractivity (Wildman–Crippen MR) is 125 cm³/mol. The third kappa shape index (κ3) is 6.15. The summed E-state index contributed by atoms with van der Waals surface area (Å²) in [6.45, 7) is 5.16. The molecule has 0 radical (unpaired) electrons. The van der Waals surface area contributed by atoms with Gasteiger partial charge in [-0.15, -0.1) is 0 Å². The van der Waals surface area contributed by atoms with Crippen LogP contribution in [-0.4, -0.2) is 42.5 Å². The van der Waals surface area contributed by atoms with E-state index in [9.17, 15) is 23.1 Å². The molecule has 3 rings (SSSR count). The molecule has 0 saturated carbocycles. The van der Waals surface area contributed by atoms with E-state index in [4.69, 9.17) is 0 Å². The second-order valence-corrected chi connectivity index (χ2v) is 9.97. The van der Waals surface area contributed by atoms with Gasteiger partial charge in [-0.1, -0.05) is 55.8 Å². The first-order valence-electron chi connectivity index (χ1n) is 10.5. The van der Waals surface area contributed by atoms with E-state index in [1.54, 1.807) is 32.0 Å². The molecule has 2 aromatic carbocycles. The van der Waals surface area contributed by atoms with Crippen molar-refractivity contribution in [3.05, 3.63) is 71.9 Å². The van der Waals surface area contributed by atoms with Gasteiger partial charge in [-0.25, -0.2) is 13.2 Å².